The third-order valence-corrected chi connectivity index (χ3v) is 6.92. The zero-order valence-corrected chi connectivity index (χ0v) is 22.4. The van der Waals surface area contributed by atoms with Crippen molar-refractivity contribution in [2.45, 2.75) is 27.7 Å². The van der Waals surface area contributed by atoms with E-state index in [1.165, 1.54) is 0 Å². The molecule has 0 fully saturated rings. The lowest BCUT2D eigenvalue weighted by Gasteiger charge is -2.11. The van der Waals surface area contributed by atoms with E-state index >= 15 is 0 Å². The van der Waals surface area contributed by atoms with E-state index in [4.69, 9.17) is 19.2 Å². The summed E-state index contributed by atoms with van der Waals surface area (Å²) < 4.78 is 15.9. The van der Waals surface area contributed by atoms with Gasteiger partial charge in [0.2, 0.25) is 0 Å². The zero-order valence-electron chi connectivity index (χ0n) is 21.6. The van der Waals surface area contributed by atoms with Crippen LogP contribution in [0.3, 0.4) is 0 Å². The molecule has 0 saturated heterocycles. The molecule has 1 amide bonds. The van der Waals surface area contributed by atoms with E-state index < -0.39 is 17.8 Å². The Morgan fingerprint density at radius 2 is 1.58 bits per heavy atom. The molecular formula is C29H28N2O6S. The number of para-hydroxylation sites is 1. The molecule has 0 saturated carbocycles. The first-order valence-corrected chi connectivity index (χ1v) is 13.1. The second-order valence-electron chi connectivity index (χ2n) is 8.18. The van der Waals surface area contributed by atoms with E-state index in [0.29, 0.717) is 34.3 Å². The number of amides is 1. The fourth-order valence-corrected chi connectivity index (χ4v) is 5.10. The first-order chi connectivity index (χ1) is 18.4. The molecule has 196 valence electrons. The van der Waals surface area contributed by atoms with E-state index in [0.717, 1.165) is 22.6 Å². The molecule has 4 rings (SSSR count). The molecule has 0 bridgehead atoms. The number of fused-ring (bicyclic) bond motifs is 1. The first-order valence-electron chi connectivity index (χ1n) is 12.3. The normalized spacial score (nSPS) is 10.7. The van der Waals surface area contributed by atoms with Crippen LogP contribution in [0, 0.1) is 6.92 Å². The second kappa shape index (κ2) is 11.9. The van der Waals surface area contributed by atoms with Crippen LogP contribution in [0.1, 0.15) is 56.7 Å². The summed E-state index contributed by atoms with van der Waals surface area (Å²) in [6.07, 6.45) is 0. The smallest absolute Gasteiger partial charge is 0.348 e. The largest absolute Gasteiger partial charge is 0.494 e. The molecule has 2 heterocycles. The lowest BCUT2D eigenvalue weighted by molar-refractivity contribution is 0.0527. The monoisotopic (exact) mass is 532 g/mol. The highest BCUT2D eigenvalue weighted by Crippen LogP contribution is 2.35. The number of nitrogens with zero attached hydrogens (tertiary/aromatic N) is 1. The number of carbonyl (C=O) groups excluding carboxylic acids is 3. The van der Waals surface area contributed by atoms with Gasteiger partial charge in [-0.15, -0.1) is 11.3 Å². The number of anilines is 1. The fourth-order valence-electron chi connectivity index (χ4n) is 4.01. The molecule has 1 N–H and O–H groups in total. The van der Waals surface area contributed by atoms with Gasteiger partial charge in [-0.2, -0.15) is 0 Å². The Morgan fingerprint density at radius 3 is 2.26 bits per heavy atom. The molecule has 2 aromatic heterocycles. The molecule has 0 aliphatic heterocycles. The average molecular weight is 533 g/mol. The Balaban J connectivity index is 1.77. The van der Waals surface area contributed by atoms with Crippen molar-refractivity contribution in [3.63, 3.8) is 0 Å². The maximum atomic E-state index is 13.7. The number of pyridine rings is 1. The van der Waals surface area contributed by atoms with Gasteiger partial charge < -0.3 is 19.5 Å². The van der Waals surface area contributed by atoms with Crippen LogP contribution in [-0.4, -0.2) is 42.7 Å². The Kier molecular flexibility index (Phi) is 8.38. The summed E-state index contributed by atoms with van der Waals surface area (Å²) in [5, 5.41) is 3.71. The van der Waals surface area contributed by atoms with Gasteiger partial charge in [0, 0.05) is 10.9 Å². The van der Waals surface area contributed by atoms with Crippen LogP contribution < -0.4 is 10.1 Å². The lowest BCUT2D eigenvalue weighted by atomic mass is 10.0. The minimum absolute atomic E-state index is 0.137. The highest BCUT2D eigenvalue weighted by molar-refractivity contribution is 7.18. The summed E-state index contributed by atoms with van der Waals surface area (Å²) >= 11 is 0.987. The Bertz CT molecular complexity index is 1490. The SMILES string of the molecule is CCOC(=O)c1sc(NC(=O)c2cc(-c3ccc(OCC)cc3)nc3ccccc23)c(C(=O)OCC)c1C. The van der Waals surface area contributed by atoms with E-state index in [-0.39, 0.29) is 28.7 Å². The quantitative estimate of drug-likeness (QED) is 0.253. The van der Waals surface area contributed by atoms with Crippen LogP contribution >= 0.6 is 11.3 Å². The minimum Gasteiger partial charge on any atom is -0.494 e. The standard InChI is InChI=1S/C29H28N2O6S/c1-5-35-19-14-12-18(13-15-19)23-16-21(20-10-8-9-11-22(20)30-23)26(32)31-27-24(28(33)36-6-2)17(4)25(38-27)29(34)37-7-3/h8-16H,5-7H2,1-4H3,(H,31,32). The van der Waals surface area contributed by atoms with Gasteiger partial charge in [0.15, 0.2) is 0 Å². The molecule has 38 heavy (non-hydrogen) atoms. The lowest BCUT2D eigenvalue weighted by Crippen LogP contribution is -2.15. The van der Waals surface area contributed by atoms with Crippen molar-refractivity contribution >= 4 is 45.1 Å². The van der Waals surface area contributed by atoms with Crippen molar-refractivity contribution in [1.82, 2.24) is 4.98 Å². The minimum atomic E-state index is -0.623. The molecule has 0 atom stereocenters. The maximum Gasteiger partial charge on any atom is 0.348 e. The summed E-state index contributed by atoms with van der Waals surface area (Å²) in [5.74, 6) is -0.889. The highest BCUT2D eigenvalue weighted by Gasteiger charge is 2.28. The van der Waals surface area contributed by atoms with Crippen LogP contribution in [0.5, 0.6) is 5.75 Å². The van der Waals surface area contributed by atoms with Crippen LogP contribution in [-0.2, 0) is 9.47 Å². The van der Waals surface area contributed by atoms with Crippen LogP contribution in [0.2, 0.25) is 0 Å². The van der Waals surface area contributed by atoms with Gasteiger partial charge in [-0.05, 0) is 69.7 Å². The third kappa shape index (κ3) is 5.52. The van der Waals surface area contributed by atoms with Crippen molar-refractivity contribution < 1.29 is 28.6 Å². The number of ether oxygens (including phenoxy) is 3. The van der Waals surface area contributed by atoms with E-state index in [2.05, 4.69) is 5.32 Å². The van der Waals surface area contributed by atoms with Gasteiger partial charge >= 0.3 is 11.9 Å². The van der Waals surface area contributed by atoms with Gasteiger partial charge in [0.1, 0.15) is 15.6 Å². The predicted octanol–water partition coefficient (Wildman–Crippen LogP) is 6.28. The van der Waals surface area contributed by atoms with E-state index in [9.17, 15) is 14.4 Å². The maximum absolute atomic E-state index is 13.7. The molecular weight excluding hydrogens is 504 g/mol. The number of carbonyl (C=O) groups is 3. The number of benzene rings is 2. The average Bonchev–Trinajstić information content (AvgIpc) is 3.24. The Labute approximate surface area is 224 Å². The fraction of sp³-hybridized carbons (Fsp3) is 0.241. The molecule has 9 heteroatoms. The van der Waals surface area contributed by atoms with Gasteiger partial charge in [0.05, 0.1) is 42.2 Å². The van der Waals surface area contributed by atoms with Crippen LogP contribution in [0.4, 0.5) is 5.00 Å². The van der Waals surface area contributed by atoms with Crippen LogP contribution in [0.15, 0.2) is 54.6 Å². The van der Waals surface area contributed by atoms with E-state index in [1.807, 2.05) is 55.5 Å². The number of hydrogen-bond acceptors (Lipinski definition) is 8. The zero-order chi connectivity index (χ0) is 27.2. The van der Waals surface area contributed by atoms with Crippen molar-refractivity contribution in [3.8, 4) is 17.0 Å². The van der Waals surface area contributed by atoms with Gasteiger partial charge in [-0.25, -0.2) is 14.6 Å². The number of rotatable bonds is 9. The summed E-state index contributed by atoms with van der Waals surface area (Å²) in [6.45, 7) is 7.84. The molecule has 2 aromatic carbocycles. The Morgan fingerprint density at radius 1 is 0.895 bits per heavy atom. The van der Waals surface area contributed by atoms with Crippen LogP contribution in [0.25, 0.3) is 22.2 Å². The summed E-state index contributed by atoms with van der Waals surface area (Å²) in [4.78, 5) is 44.0. The van der Waals surface area contributed by atoms with Crippen molar-refractivity contribution in [3.05, 3.63) is 76.2 Å². The number of aromatic nitrogens is 1. The van der Waals surface area contributed by atoms with Gasteiger partial charge in [-0.1, -0.05) is 18.2 Å². The number of nitrogens with one attached hydrogen (secondary N) is 1. The molecule has 0 aliphatic carbocycles. The number of esters is 2. The topological polar surface area (TPSA) is 104 Å². The third-order valence-electron chi connectivity index (χ3n) is 5.74. The van der Waals surface area contributed by atoms with Crippen molar-refractivity contribution in [2.75, 3.05) is 25.1 Å². The van der Waals surface area contributed by atoms with E-state index in [1.54, 1.807) is 26.8 Å². The molecule has 0 spiro atoms. The van der Waals surface area contributed by atoms with Gasteiger partial charge in [0.25, 0.3) is 5.91 Å². The molecule has 0 aliphatic rings. The number of hydrogen-bond donors (Lipinski definition) is 1. The first kappa shape index (κ1) is 26.8. The van der Waals surface area contributed by atoms with Gasteiger partial charge in [-0.3, -0.25) is 4.79 Å². The number of thiophene rings is 1. The molecule has 0 radical (unpaired) electrons. The molecule has 0 unspecified atom stereocenters. The van der Waals surface area contributed by atoms with Crippen molar-refractivity contribution in [1.29, 1.82) is 0 Å². The summed E-state index contributed by atoms with van der Waals surface area (Å²) in [7, 11) is 0. The summed E-state index contributed by atoms with van der Waals surface area (Å²) in [6, 6.07) is 16.5. The molecule has 4 aromatic rings. The highest BCUT2D eigenvalue weighted by atomic mass is 32.1. The second-order valence-corrected chi connectivity index (χ2v) is 9.21. The summed E-state index contributed by atoms with van der Waals surface area (Å²) in [5.41, 5.74) is 2.98. The van der Waals surface area contributed by atoms with Crippen molar-refractivity contribution in [2.24, 2.45) is 0 Å². The molecule has 8 nitrogen and oxygen atoms in total. The predicted molar refractivity (Wildman–Crippen MR) is 147 cm³/mol. The Hall–Kier alpha value is -4.24.